The number of halogens is 2. The number of primary amides is 1. The molecule has 0 fully saturated rings. The SMILES string of the molecule is NC(=O)C(O)C(O)c1cc(Br)cc(Br)c1N. The minimum Gasteiger partial charge on any atom is -0.398 e. The van der Waals surface area contributed by atoms with Crippen molar-refractivity contribution < 1.29 is 15.0 Å². The van der Waals surface area contributed by atoms with Gasteiger partial charge in [0.1, 0.15) is 6.10 Å². The van der Waals surface area contributed by atoms with Gasteiger partial charge in [-0.2, -0.15) is 0 Å². The minimum atomic E-state index is -1.69. The van der Waals surface area contributed by atoms with Crippen LogP contribution in [-0.2, 0) is 4.79 Å². The zero-order valence-corrected chi connectivity index (χ0v) is 11.2. The first kappa shape index (κ1) is 13.4. The predicted molar refractivity (Wildman–Crippen MR) is 66.4 cm³/mol. The molecular formula is C9H10Br2N2O3. The van der Waals surface area contributed by atoms with Crippen LogP contribution in [0.1, 0.15) is 11.7 Å². The van der Waals surface area contributed by atoms with Crippen molar-refractivity contribution in [3.05, 3.63) is 26.6 Å². The number of hydrogen-bond donors (Lipinski definition) is 4. The van der Waals surface area contributed by atoms with E-state index in [1.165, 1.54) is 6.07 Å². The molecule has 0 bridgehead atoms. The van der Waals surface area contributed by atoms with Gasteiger partial charge in [0.2, 0.25) is 5.91 Å². The fourth-order valence-electron chi connectivity index (χ4n) is 1.18. The molecule has 1 aromatic carbocycles. The summed E-state index contributed by atoms with van der Waals surface area (Å²) in [4.78, 5) is 10.7. The van der Waals surface area contributed by atoms with Crippen LogP contribution in [0.2, 0.25) is 0 Å². The summed E-state index contributed by atoms with van der Waals surface area (Å²) in [6.45, 7) is 0. The maximum absolute atomic E-state index is 10.7. The van der Waals surface area contributed by atoms with Crippen LogP contribution in [0, 0.1) is 0 Å². The van der Waals surface area contributed by atoms with Crippen molar-refractivity contribution in [2.24, 2.45) is 5.73 Å². The molecule has 0 heterocycles. The molecule has 1 aromatic rings. The van der Waals surface area contributed by atoms with Gasteiger partial charge in [-0.3, -0.25) is 4.79 Å². The lowest BCUT2D eigenvalue weighted by atomic mass is 10.0. The monoisotopic (exact) mass is 352 g/mol. The van der Waals surface area contributed by atoms with Gasteiger partial charge >= 0.3 is 0 Å². The Morgan fingerprint density at radius 2 is 1.88 bits per heavy atom. The van der Waals surface area contributed by atoms with Crippen LogP contribution in [0.3, 0.4) is 0 Å². The van der Waals surface area contributed by atoms with Gasteiger partial charge in [0.05, 0.1) is 5.69 Å². The van der Waals surface area contributed by atoms with E-state index in [9.17, 15) is 15.0 Å². The average molecular weight is 354 g/mol. The summed E-state index contributed by atoms with van der Waals surface area (Å²) in [6, 6.07) is 3.19. The molecule has 0 aliphatic carbocycles. The number of aliphatic hydroxyl groups is 2. The Morgan fingerprint density at radius 1 is 1.31 bits per heavy atom. The number of rotatable bonds is 3. The summed E-state index contributed by atoms with van der Waals surface area (Å²) < 4.78 is 1.20. The standard InChI is InChI=1S/C9H10Br2N2O3/c10-3-1-4(6(12)5(11)2-3)7(14)8(15)9(13)16/h1-2,7-8,14-15H,12H2,(H2,13,16). The highest BCUT2D eigenvalue weighted by Gasteiger charge is 2.26. The second-order valence-corrected chi connectivity index (χ2v) is 4.95. The summed E-state index contributed by atoms with van der Waals surface area (Å²) in [5, 5.41) is 19.1. The molecule has 0 saturated carbocycles. The lowest BCUT2D eigenvalue weighted by Crippen LogP contribution is -2.34. The van der Waals surface area contributed by atoms with E-state index in [4.69, 9.17) is 11.5 Å². The Balaban J connectivity index is 3.17. The average Bonchev–Trinajstić information content (AvgIpc) is 2.21. The Kier molecular flexibility index (Phi) is 4.31. The van der Waals surface area contributed by atoms with Crippen LogP contribution in [0.25, 0.3) is 0 Å². The van der Waals surface area contributed by atoms with Crippen molar-refractivity contribution in [2.75, 3.05) is 5.73 Å². The summed E-state index contributed by atoms with van der Waals surface area (Å²) in [6.07, 6.45) is -3.14. The molecule has 6 N–H and O–H groups in total. The van der Waals surface area contributed by atoms with Gasteiger partial charge in [0.25, 0.3) is 0 Å². The van der Waals surface area contributed by atoms with E-state index in [2.05, 4.69) is 31.9 Å². The number of carbonyl (C=O) groups is 1. The van der Waals surface area contributed by atoms with Gasteiger partial charge in [-0.25, -0.2) is 0 Å². The topological polar surface area (TPSA) is 110 Å². The number of aliphatic hydroxyl groups excluding tert-OH is 2. The van der Waals surface area contributed by atoms with Crippen molar-refractivity contribution in [3.8, 4) is 0 Å². The number of nitrogen functional groups attached to an aromatic ring is 1. The van der Waals surface area contributed by atoms with E-state index in [0.717, 1.165) is 0 Å². The molecule has 2 unspecified atom stereocenters. The van der Waals surface area contributed by atoms with Gasteiger partial charge in [-0.15, -0.1) is 0 Å². The molecule has 16 heavy (non-hydrogen) atoms. The van der Waals surface area contributed by atoms with Crippen LogP contribution in [0.15, 0.2) is 21.1 Å². The van der Waals surface area contributed by atoms with Crippen LogP contribution in [0.5, 0.6) is 0 Å². The molecule has 88 valence electrons. The van der Waals surface area contributed by atoms with Crippen LogP contribution in [-0.4, -0.2) is 22.2 Å². The third-order valence-electron chi connectivity index (χ3n) is 2.04. The molecule has 1 amide bonds. The van der Waals surface area contributed by atoms with Crippen molar-refractivity contribution in [2.45, 2.75) is 12.2 Å². The second kappa shape index (κ2) is 5.13. The van der Waals surface area contributed by atoms with Gasteiger partial charge in [-0.1, -0.05) is 15.9 Å². The molecule has 5 nitrogen and oxygen atoms in total. The Hall–Kier alpha value is -0.630. The van der Waals surface area contributed by atoms with E-state index in [-0.39, 0.29) is 11.3 Å². The molecule has 0 aliphatic heterocycles. The van der Waals surface area contributed by atoms with Gasteiger partial charge in [0, 0.05) is 14.5 Å². The normalized spacial score (nSPS) is 14.5. The Labute approximate surface area is 109 Å². The predicted octanol–water partition coefficient (Wildman–Crippen LogP) is 0.673. The first-order valence-electron chi connectivity index (χ1n) is 4.24. The molecule has 7 heteroatoms. The van der Waals surface area contributed by atoms with Gasteiger partial charge < -0.3 is 21.7 Å². The summed E-state index contributed by atoms with van der Waals surface area (Å²) in [7, 11) is 0. The fraction of sp³-hybridized carbons (Fsp3) is 0.222. The molecule has 0 spiro atoms. The summed E-state index contributed by atoms with van der Waals surface area (Å²) >= 11 is 6.39. The van der Waals surface area contributed by atoms with E-state index in [1.807, 2.05) is 0 Å². The second-order valence-electron chi connectivity index (χ2n) is 3.18. The molecular weight excluding hydrogens is 344 g/mol. The first-order valence-corrected chi connectivity index (χ1v) is 5.83. The van der Waals surface area contributed by atoms with Crippen LogP contribution in [0.4, 0.5) is 5.69 Å². The van der Waals surface area contributed by atoms with Gasteiger partial charge in [0.15, 0.2) is 6.10 Å². The molecule has 0 radical (unpaired) electrons. The number of carbonyl (C=O) groups excluding carboxylic acids is 1. The number of benzene rings is 1. The largest absolute Gasteiger partial charge is 0.398 e. The highest BCUT2D eigenvalue weighted by molar-refractivity contribution is 9.11. The maximum atomic E-state index is 10.7. The third-order valence-corrected chi connectivity index (χ3v) is 3.15. The number of amides is 1. The number of hydrogen-bond acceptors (Lipinski definition) is 4. The van der Waals surface area contributed by atoms with Crippen molar-refractivity contribution >= 4 is 43.5 Å². The van der Waals surface area contributed by atoms with E-state index in [1.54, 1.807) is 6.07 Å². The van der Waals surface area contributed by atoms with E-state index < -0.39 is 18.1 Å². The number of nitrogens with two attached hydrogens (primary N) is 2. The third kappa shape index (κ3) is 2.73. The van der Waals surface area contributed by atoms with E-state index >= 15 is 0 Å². The summed E-state index contributed by atoms with van der Waals surface area (Å²) in [5.41, 5.74) is 11.1. The Bertz CT molecular complexity index is 425. The zero-order valence-electron chi connectivity index (χ0n) is 8.02. The number of anilines is 1. The zero-order chi connectivity index (χ0) is 12.5. The fourth-order valence-corrected chi connectivity index (χ4v) is 2.43. The lowest BCUT2D eigenvalue weighted by molar-refractivity contribution is -0.131. The lowest BCUT2D eigenvalue weighted by Gasteiger charge is -2.18. The van der Waals surface area contributed by atoms with Crippen molar-refractivity contribution in [3.63, 3.8) is 0 Å². The first-order chi connectivity index (χ1) is 7.34. The van der Waals surface area contributed by atoms with Crippen LogP contribution >= 0.6 is 31.9 Å². The smallest absolute Gasteiger partial charge is 0.249 e. The quantitative estimate of drug-likeness (QED) is 0.599. The molecule has 1 rings (SSSR count). The highest BCUT2D eigenvalue weighted by atomic mass is 79.9. The van der Waals surface area contributed by atoms with Crippen LogP contribution < -0.4 is 11.5 Å². The maximum Gasteiger partial charge on any atom is 0.249 e. The molecule has 0 aromatic heterocycles. The van der Waals surface area contributed by atoms with Crippen molar-refractivity contribution in [1.29, 1.82) is 0 Å². The molecule has 0 aliphatic rings. The van der Waals surface area contributed by atoms with Crippen molar-refractivity contribution in [1.82, 2.24) is 0 Å². The molecule has 0 saturated heterocycles. The Morgan fingerprint density at radius 3 is 2.38 bits per heavy atom. The molecule has 2 atom stereocenters. The highest BCUT2D eigenvalue weighted by Crippen LogP contribution is 2.33. The summed E-state index contributed by atoms with van der Waals surface area (Å²) in [5.74, 6) is -1.01. The van der Waals surface area contributed by atoms with E-state index in [0.29, 0.717) is 8.95 Å². The minimum absolute atomic E-state index is 0.229. The van der Waals surface area contributed by atoms with Gasteiger partial charge in [-0.05, 0) is 28.1 Å².